The Morgan fingerprint density at radius 2 is 2.53 bits per heavy atom. The molecule has 0 saturated heterocycles. The molecule has 1 rings (SSSR count). The van der Waals surface area contributed by atoms with Crippen LogP contribution in [0.5, 0.6) is 0 Å². The lowest BCUT2D eigenvalue weighted by Gasteiger charge is -2.16. The highest BCUT2D eigenvalue weighted by molar-refractivity contribution is 8.01. The Morgan fingerprint density at radius 1 is 1.67 bits per heavy atom. The Bertz CT molecular complexity index is 244. The van der Waals surface area contributed by atoms with Gasteiger partial charge in [-0.25, -0.2) is 0 Å². The number of nitrogens with one attached hydrogen (secondary N) is 1. The summed E-state index contributed by atoms with van der Waals surface area (Å²) in [7, 11) is 1.73. The lowest BCUT2D eigenvalue weighted by atomic mass is 10.3. The lowest BCUT2D eigenvalue weighted by Crippen LogP contribution is -2.35. The molecule has 1 aromatic heterocycles. The minimum atomic E-state index is 0.392. The molecule has 0 aliphatic rings. The van der Waals surface area contributed by atoms with Gasteiger partial charge >= 0.3 is 0 Å². The van der Waals surface area contributed by atoms with Gasteiger partial charge in [-0.1, -0.05) is 30.0 Å². The summed E-state index contributed by atoms with van der Waals surface area (Å²) in [5.41, 5.74) is 1.76. The van der Waals surface area contributed by atoms with Crippen molar-refractivity contribution < 1.29 is 4.74 Å². The minimum absolute atomic E-state index is 0.392. The third-order valence-electron chi connectivity index (χ3n) is 1.80. The maximum Gasteiger partial charge on any atom is 0.174 e. The van der Waals surface area contributed by atoms with Crippen molar-refractivity contribution in [2.75, 3.05) is 26.0 Å². The van der Waals surface area contributed by atoms with Crippen LogP contribution >= 0.6 is 23.1 Å². The van der Waals surface area contributed by atoms with Gasteiger partial charge in [0.1, 0.15) is 5.51 Å². The molecule has 0 spiro atoms. The van der Waals surface area contributed by atoms with Crippen LogP contribution in [0, 0.1) is 0 Å². The Labute approximate surface area is 98.8 Å². The van der Waals surface area contributed by atoms with Gasteiger partial charge in [-0.3, -0.25) is 0 Å². The van der Waals surface area contributed by atoms with Crippen molar-refractivity contribution in [1.82, 2.24) is 15.5 Å². The van der Waals surface area contributed by atoms with E-state index in [1.165, 1.54) is 0 Å². The van der Waals surface area contributed by atoms with Crippen LogP contribution in [0.25, 0.3) is 0 Å². The highest BCUT2D eigenvalue weighted by Crippen LogP contribution is 2.19. The monoisotopic (exact) mass is 247 g/mol. The number of nitrogens with zero attached hydrogens (tertiary/aromatic N) is 2. The molecule has 86 valence electrons. The average Bonchev–Trinajstić information content (AvgIpc) is 2.75. The van der Waals surface area contributed by atoms with E-state index in [1.54, 1.807) is 35.7 Å². The third-order valence-corrected chi connectivity index (χ3v) is 3.82. The maximum absolute atomic E-state index is 5.16. The third kappa shape index (κ3) is 5.46. The molecular weight excluding hydrogens is 230 g/mol. The van der Waals surface area contributed by atoms with E-state index in [9.17, 15) is 0 Å². The van der Waals surface area contributed by atoms with Crippen molar-refractivity contribution >= 4 is 23.1 Å². The van der Waals surface area contributed by atoms with Crippen LogP contribution in [0.1, 0.15) is 13.3 Å². The fourth-order valence-electron chi connectivity index (χ4n) is 1.11. The molecule has 0 fully saturated rings. The van der Waals surface area contributed by atoms with Crippen LogP contribution in [0.3, 0.4) is 0 Å². The van der Waals surface area contributed by atoms with Gasteiger partial charge in [0.25, 0.3) is 0 Å². The van der Waals surface area contributed by atoms with Crippen molar-refractivity contribution in [3.63, 3.8) is 0 Å². The van der Waals surface area contributed by atoms with Crippen LogP contribution < -0.4 is 5.32 Å². The molecule has 1 atom stereocenters. The van der Waals surface area contributed by atoms with Crippen LogP contribution in [-0.2, 0) is 4.74 Å². The first-order valence-corrected chi connectivity index (χ1v) is 6.84. The Kier molecular flexibility index (Phi) is 6.91. The SMILES string of the molecule is CCCNC(COC)CSc1nncs1. The Balaban J connectivity index is 2.24. The average molecular weight is 247 g/mol. The molecule has 6 heteroatoms. The van der Waals surface area contributed by atoms with Crippen LogP contribution in [0.15, 0.2) is 9.85 Å². The number of methoxy groups -OCH3 is 1. The van der Waals surface area contributed by atoms with Crippen molar-refractivity contribution in [3.05, 3.63) is 5.51 Å². The molecule has 1 aromatic rings. The molecule has 0 aliphatic carbocycles. The summed E-state index contributed by atoms with van der Waals surface area (Å²) in [6.07, 6.45) is 1.14. The van der Waals surface area contributed by atoms with E-state index in [1.807, 2.05) is 0 Å². The van der Waals surface area contributed by atoms with E-state index in [0.29, 0.717) is 6.04 Å². The molecule has 0 bridgehead atoms. The predicted octanol–water partition coefficient (Wildman–Crippen LogP) is 1.64. The van der Waals surface area contributed by atoms with E-state index in [-0.39, 0.29) is 0 Å². The molecule has 15 heavy (non-hydrogen) atoms. The number of rotatable bonds is 8. The molecule has 1 N–H and O–H groups in total. The molecule has 0 aromatic carbocycles. The maximum atomic E-state index is 5.16. The zero-order chi connectivity index (χ0) is 10.9. The lowest BCUT2D eigenvalue weighted by molar-refractivity contribution is 0.174. The smallest absolute Gasteiger partial charge is 0.174 e. The molecule has 0 radical (unpaired) electrons. The quantitative estimate of drug-likeness (QED) is 0.708. The normalized spacial score (nSPS) is 12.9. The van der Waals surface area contributed by atoms with Gasteiger partial charge in [0.15, 0.2) is 4.34 Å². The number of ether oxygens (including phenoxy) is 1. The zero-order valence-electron chi connectivity index (χ0n) is 9.10. The van der Waals surface area contributed by atoms with Crippen LogP contribution in [0.2, 0.25) is 0 Å². The summed E-state index contributed by atoms with van der Waals surface area (Å²) in [6.45, 7) is 3.94. The highest BCUT2D eigenvalue weighted by Gasteiger charge is 2.08. The van der Waals surface area contributed by atoms with Crippen LogP contribution in [-0.4, -0.2) is 42.3 Å². The summed E-state index contributed by atoms with van der Waals surface area (Å²) < 4.78 is 6.19. The van der Waals surface area contributed by atoms with Gasteiger partial charge in [-0.2, -0.15) is 0 Å². The summed E-state index contributed by atoms with van der Waals surface area (Å²) in [6, 6.07) is 0.392. The minimum Gasteiger partial charge on any atom is -0.383 e. The summed E-state index contributed by atoms with van der Waals surface area (Å²) in [4.78, 5) is 0. The highest BCUT2D eigenvalue weighted by atomic mass is 32.2. The summed E-state index contributed by atoms with van der Waals surface area (Å²) in [5, 5.41) is 11.2. The van der Waals surface area contributed by atoms with E-state index in [4.69, 9.17) is 4.74 Å². The topological polar surface area (TPSA) is 47.0 Å². The number of hydrogen-bond acceptors (Lipinski definition) is 6. The van der Waals surface area contributed by atoms with E-state index >= 15 is 0 Å². The fourth-order valence-corrected chi connectivity index (χ4v) is 2.66. The molecule has 0 amide bonds. The fraction of sp³-hybridized carbons (Fsp3) is 0.778. The van der Waals surface area contributed by atoms with E-state index < -0.39 is 0 Å². The van der Waals surface area contributed by atoms with E-state index in [0.717, 1.165) is 29.7 Å². The van der Waals surface area contributed by atoms with Crippen LogP contribution in [0.4, 0.5) is 0 Å². The molecule has 4 nitrogen and oxygen atoms in total. The van der Waals surface area contributed by atoms with Crippen molar-refractivity contribution in [3.8, 4) is 0 Å². The predicted molar refractivity (Wildman–Crippen MR) is 64.6 cm³/mol. The summed E-state index contributed by atoms with van der Waals surface area (Å²) >= 11 is 3.31. The first-order valence-electron chi connectivity index (χ1n) is 4.98. The largest absolute Gasteiger partial charge is 0.383 e. The second-order valence-electron chi connectivity index (χ2n) is 3.12. The Hall–Kier alpha value is -0.170. The summed E-state index contributed by atoms with van der Waals surface area (Å²) in [5.74, 6) is 0.975. The van der Waals surface area contributed by atoms with Gasteiger partial charge in [0.05, 0.1) is 6.61 Å². The van der Waals surface area contributed by atoms with Crippen molar-refractivity contribution in [2.45, 2.75) is 23.7 Å². The second-order valence-corrected chi connectivity index (χ2v) is 5.22. The van der Waals surface area contributed by atoms with Crippen molar-refractivity contribution in [1.29, 1.82) is 0 Å². The second kappa shape index (κ2) is 8.04. The van der Waals surface area contributed by atoms with Gasteiger partial charge < -0.3 is 10.1 Å². The van der Waals surface area contributed by atoms with E-state index in [2.05, 4.69) is 22.4 Å². The standard InChI is InChI=1S/C9H17N3OS2/c1-3-4-10-8(5-13-2)6-14-9-12-11-7-15-9/h7-8,10H,3-6H2,1-2H3. The number of hydrogen-bond donors (Lipinski definition) is 1. The first-order chi connectivity index (χ1) is 7.36. The molecule has 1 heterocycles. The van der Waals surface area contributed by atoms with Gasteiger partial charge in [0, 0.05) is 18.9 Å². The molecule has 0 aliphatic heterocycles. The van der Waals surface area contributed by atoms with Crippen molar-refractivity contribution in [2.24, 2.45) is 0 Å². The first kappa shape index (κ1) is 12.9. The van der Waals surface area contributed by atoms with Gasteiger partial charge in [0.2, 0.25) is 0 Å². The molecular formula is C9H17N3OS2. The number of aromatic nitrogens is 2. The van der Waals surface area contributed by atoms with Gasteiger partial charge in [-0.05, 0) is 13.0 Å². The Morgan fingerprint density at radius 3 is 3.13 bits per heavy atom. The zero-order valence-corrected chi connectivity index (χ0v) is 10.7. The van der Waals surface area contributed by atoms with Gasteiger partial charge in [-0.15, -0.1) is 10.2 Å². The molecule has 1 unspecified atom stereocenters. The molecule has 0 saturated carbocycles. The number of thioether (sulfide) groups is 1.